The Morgan fingerprint density at radius 1 is 1.32 bits per heavy atom. The van der Waals surface area contributed by atoms with Gasteiger partial charge < -0.3 is 9.80 Å². The van der Waals surface area contributed by atoms with Crippen LogP contribution in [0.25, 0.3) is 0 Å². The van der Waals surface area contributed by atoms with E-state index in [2.05, 4.69) is 14.9 Å². The monoisotopic (exact) mass is 304 g/mol. The summed E-state index contributed by atoms with van der Waals surface area (Å²) in [7, 11) is 0. The summed E-state index contributed by atoms with van der Waals surface area (Å²) in [5.74, 6) is 0.0622. The number of hydrogen-bond donors (Lipinski definition) is 0. The second kappa shape index (κ2) is 6.02. The van der Waals surface area contributed by atoms with E-state index in [-0.39, 0.29) is 12.0 Å². The van der Waals surface area contributed by atoms with E-state index in [0.717, 1.165) is 18.7 Å². The molecule has 1 saturated heterocycles. The molecule has 0 N–H and O–H groups in total. The summed E-state index contributed by atoms with van der Waals surface area (Å²) in [6.45, 7) is 5.40. The second-order valence-electron chi connectivity index (χ2n) is 6.13. The largest absolute Gasteiger partial charge is 0.349 e. The van der Waals surface area contributed by atoms with Crippen molar-refractivity contribution in [2.75, 3.05) is 24.5 Å². The predicted octanol–water partition coefficient (Wildman–Crippen LogP) is 2.17. The molecule has 1 aliphatic carbocycles. The molecule has 1 amide bonds. The van der Waals surface area contributed by atoms with Crippen molar-refractivity contribution in [3.63, 3.8) is 0 Å². The van der Waals surface area contributed by atoms with Crippen LogP contribution in [0.2, 0.25) is 0 Å². The summed E-state index contributed by atoms with van der Waals surface area (Å²) in [6, 6.07) is 0.0865. The van der Waals surface area contributed by atoms with Crippen LogP contribution in [-0.2, 0) is 4.79 Å². The van der Waals surface area contributed by atoms with Crippen molar-refractivity contribution in [3.8, 4) is 0 Å². The lowest BCUT2D eigenvalue weighted by atomic mass is 10.1. The van der Waals surface area contributed by atoms with Crippen LogP contribution < -0.4 is 4.90 Å². The Morgan fingerprint density at radius 2 is 2.09 bits per heavy atom. The van der Waals surface area contributed by atoms with E-state index in [1.165, 1.54) is 0 Å². The van der Waals surface area contributed by atoms with Gasteiger partial charge in [-0.3, -0.25) is 9.78 Å². The van der Waals surface area contributed by atoms with Crippen molar-refractivity contribution in [3.05, 3.63) is 30.0 Å². The number of hydrogen-bond acceptors (Lipinski definition) is 4. The number of carbonyl (C=O) groups excluding carboxylic acids is 1. The molecule has 0 unspecified atom stereocenters. The summed E-state index contributed by atoms with van der Waals surface area (Å²) in [6.07, 6.45) is 7.01. The molecule has 118 valence electrons. The molecular weight excluding hydrogens is 283 g/mol. The lowest BCUT2D eigenvalue weighted by Gasteiger charge is -2.40. The van der Waals surface area contributed by atoms with Crippen LogP contribution >= 0.6 is 0 Å². The number of aromatic nitrogens is 2. The third kappa shape index (κ3) is 2.96. The molecule has 1 aliphatic heterocycles. The standard InChI is InChI=1S/C16H21FN4O/c1-11-10-20(16(22)15(17)12(2)13-3-4-13)7-8-21(11)14-9-18-5-6-19-14/h5-6,9,11,13H,3-4,7-8,10H2,1-2H3/t11-/m0/s1. The first-order chi connectivity index (χ1) is 10.6. The van der Waals surface area contributed by atoms with Crippen molar-refractivity contribution >= 4 is 11.7 Å². The minimum absolute atomic E-state index is 0.0865. The summed E-state index contributed by atoms with van der Waals surface area (Å²) in [5.41, 5.74) is 0.619. The van der Waals surface area contributed by atoms with Crippen LogP contribution in [0, 0.1) is 5.92 Å². The van der Waals surface area contributed by atoms with Crippen molar-refractivity contribution in [1.29, 1.82) is 0 Å². The topological polar surface area (TPSA) is 49.3 Å². The molecule has 0 bridgehead atoms. The van der Waals surface area contributed by atoms with E-state index in [1.807, 2.05) is 6.92 Å². The van der Waals surface area contributed by atoms with Gasteiger partial charge in [0.05, 0.1) is 6.20 Å². The molecule has 1 atom stereocenters. The van der Waals surface area contributed by atoms with Gasteiger partial charge in [-0.05, 0) is 38.2 Å². The zero-order valence-electron chi connectivity index (χ0n) is 13.0. The van der Waals surface area contributed by atoms with Crippen LogP contribution in [0.4, 0.5) is 10.2 Å². The van der Waals surface area contributed by atoms with Crippen LogP contribution in [0.5, 0.6) is 0 Å². The van der Waals surface area contributed by atoms with Gasteiger partial charge in [-0.2, -0.15) is 0 Å². The fourth-order valence-corrected chi connectivity index (χ4v) is 2.93. The number of rotatable bonds is 3. The van der Waals surface area contributed by atoms with Crippen molar-refractivity contribution in [2.24, 2.45) is 5.92 Å². The summed E-state index contributed by atoms with van der Waals surface area (Å²) in [5, 5.41) is 0. The van der Waals surface area contributed by atoms with Gasteiger partial charge in [-0.15, -0.1) is 0 Å². The Balaban J connectivity index is 1.67. The van der Waals surface area contributed by atoms with Crippen LogP contribution in [0.3, 0.4) is 0 Å². The summed E-state index contributed by atoms with van der Waals surface area (Å²) < 4.78 is 14.3. The fraction of sp³-hybridized carbons (Fsp3) is 0.562. The highest BCUT2D eigenvalue weighted by Gasteiger charge is 2.33. The lowest BCUT2D eigenvalue weighted by Crippen LogP contribution is -2.54. The molecule has 0 spiro atoms. The van der Waals surface area contributed by atoms with Gasteiger partial charge in [0.25, 0.3) is 5.91 Å². The maximum Gasteiger partial charge on any atom is 0.282 e. The van der Waals surface area contributed by atoms with Crippen LogP contribution in [-0.4, -0.2) is 46.5 Å². The Kier molecular flexibility index (Phi) is 4.09. The smallest absolute Gasteiger partial charge is 0.282 e. The van der Waals surface area contributed by atoms with Gasteiger partial charge in [0.1, 0.15) is 5.82 Å². The van der Waals surface area contributed by atoms with E-state index >= 15 is 0 Å². The Morgan fingerprint density at radius 3 is 2.68 bits per heavy atom. The number of amides is 1. The van der Waals surface area contributed by atoms with Gasteiger partial charge in [-0.25, -0.2) is 9.37 Å². The zero-order valence-corrected chi connectivity index (χ0v) is 13.0. The molecule has 0 radical (unpaired) electrons. The number of anilines is 1. The predicted molar refractivity (Wildman–Crippen MR) is 82.0 cm³/mol. The zero-order chi connectivity index (χ0) is 15.7. The minimum atomic E-state index is -0.553. The molecule has 5 nitrogen and oxygen atoms in total. The molecule has 2 aliphatic rings. The van der Waals surface area contributed by atoms with Crippen LogP contribution in [0.1, 0.15) is 26.7 Å². The Bertz CT molecular complexity index is 585. The maximum absolute atomic E-state index is 14.3. The molecule has 2 fully saturated rings. The number of piperazine rings is 1. The first-order valence-corrected chi connectivity index (χ1v) is 7.76. The van der Waals surface area contributed by atoms with Gasteiger partial charge in [0, 0.05) is 38.1 Å². The molecular formula is C16H21FN4O. The van der Waals surface area contributed by atoms with E-state index < -0.39 is 11.7 Å². The number of carbonyl (C=O) groups is 1. The third-order valence-electron chi connectivity index (χ3n) is 4.48. The Labute approximate surface area is 129 Å². The van der Waals surface area contributed by atoms with E-state index in [1.54, 1.807) is 30.4 Å². The molecule has 1 saturated carbocycles. The quantitative estimate of drug-likeness (QED) is 0.803. The summed E-state index contributed by atoms with van der Waals surface area (Å²) >= 11 is 0. The third-order valence-corrected chi connectivity index (χ3v) is 4.48. The molecule has 2 heterocycles. The minimum Gasteiger partial charge on any atom is -0.349 e. The molecule has 22 heavy (non-hydrogen) atoms. The van der Waals surface area contributed by atoms with Gasteiger partial charge >= 0.3 is 0 Å². The Hall–Kier alpha value is -1.98. The van der Waals surface area contributed by atoms with Crippen molar-refractivity contribution < 1.29 is 9.18 Å². The average molecular weight is 304 g/mol. The number of halogens is 1. The second-order valence-corrected chi connectivity index (χ2v) is 6.13. The first kappa shape index (κ1) is 14.9. The molecule has 6 heteroatoms. The SMILES string of the molecule is CC(=C(F)C(=O)N1CCN(c2cnccn2)[C@@H](C)C1)C1CC1. The van der Waals surface area contributed by atoms with Crippen LogP contribution in [0.15, 0.2) is 30.0 Å². The molecule has 1 aromatic heterocycles. The lowest BCUT2D eigenvalue weighted by molar-refractivity contribution is -0.129. The fourth-order valence-electron chi connectivity index (χ4n) is 2.93. The molecule has 1 aromatic rings. The van der Waals surface area contributed by atoms with Gasteiger partial charge in [-0.1, -0.05) is 0 Å². The average Bonchev–Trinajstić information content (AvgIpc) is 3.38. The molecule has 3 rings (SSSR count). The van der Waals surface area contributed by atoms with Gasteiger partial charge in [0.15, 0.2) is 5.83 Å². The number of nitrogens with zero attached hydrogens (tertiary/aromatic N) is 4. The van der Waals surface area contributed by atoms with Crippen molar-refractivity contribution in [2.45, 2.75) is 32.7 Å². The normalized spacial score (nSPS) is 23.3. The maximum atomic E-state index is 14.3. The van der Waals surface area contributed by atoms with E-state index in [9.17, 15) is 9.18 Å². The number of allylic oxidation sites excluding steroid dienone is 1. The van der Waals surface area contributed by atoms with Gasteiger partial charge in [0.2, 0.25) is 0 Å². The van der Waals surface area contributed by atoms with E-state index in [4.69, 9.17) is 0 Å². The van der Waals surface area contributed by atoms with E-state index in [0.29, 0.717) is 25.2 Å². The molecule has 0 aromatic carbocycles. The van der Waals surface area contributed by atoms with Crippen molar-refractivity contribution in [1.82, 2.24) is 14.9 Å². The highest BCUT2D eigenvalue weighted by atomic mass is 19.1. The first-order valence-electron chi connectivity index (χ1n) is 7.76. The summed E-state index contributed by atoms with van der Waals surface area (Å²) in [4.78, 5) is 24.4. The highest BCUT2D eigenvalue weighted by Crippen LogP contribution is 2.38. The highest BCUT2D eigenvalue weighted by molar-refractivity contribution is 5.92.